The zero-order valence-electron chi connectivity index (χ0n) is 10.5. The van der Waals surface area contributed by atoms with Crippen LogP contribution in [0, 0.1) is 5.82 Å². The van der Waals surface area contributed by atoms with Gasteiger partial charge in [0.05, 0.1) is 11.7 Å². The molecule has 1 unspecified atom stereocenters. The molecule has 0 bridgehead atoms. The van der Waals surface area contributed by atoms with E-state index in [9.17, 15) is 4.39 Å². The molecule has 1 heterocycles. The first-order valence-corrected chi connectivity index (χ1v) is 6.21. The zero-order chi connectivity index (χ0) is 13.2. The fourth-order valence-electron chi connectivity index (χ4n) is 2.28. The number of rotatable bonds is 2. The van der Waals surface area contributed by atoms with Gasteiger partial charge in [0.25, 0.3) is 0 Å². The highest BCUT2D eigenvalue weighted by atomic mass is 19.1. The zero-order valence-corrected chi connectivity index (χ0v) is 10.5. The Morgan fingerprint density at radius 1 is 1.05 bits per heavy atom. The number of fused-ring (bicyclic) bond motifs is 1. The highest BCUT2D eigenvalue weighted by Gasteiger charge is 2.12. The van der Waals surface area contributed by atoms with Crippen LogP contribution in [0.3, 0.4) is 0 Å². The van der Waals surface area contributed by atoms with Crippen molar-refractivity contribution in [1.82, 2.24) is 10.2 Å². The molecule has 0 radical (unpaired) electrons. The van der Waals surface area contributed by atoms with E-state index in [1.807, 2.05) is 43.3 Å². The van der Waals surface area contributed by atoms with E-state index in [2.05, 4.69) is 10.2 Å². The highest BCUT2D eigenvalue weighted by molar-refractivity contribution is 5.78. The minimum atomic E-state index is -0.164. The van der Waals surface area contributed by atoms with Gasteiger partial charge in [0.1, 0.15) is 5.82 Å². The molecule has 19 heavy (non-hydrogen) atoms. The largest absolute Gasteiger partial charge is 0.207 e. The Bertz CT molecular complexity index is 725. The van der Waals surface area contributed by atoms with Gasteiger partial charge < -0.3 is 0 Å². The minimum absolute atomic E-state index is 0.0127. The fraction of sp³-hybridized carbons (Fsp3) is 0.125. The molecular weight excluding hydrogens is 239 g/mol. The van der Waals surface area contributed by atoms with E-state index in [1.54, 1.807) is 12.3 Å². The number of hydrogen-bond donors (Lipinski definition) is 0. The lowest BCUT2D eigenvalue weighted by molar-refractivity contribution is 0.603. The molecule has 0 aliphatic heterocycles. The van der Waals surface area contributed by atoms with E-state index >= 15 is 0 Å². The molecule has 0 saturated carbocycles. The second-order valence-corrected chi connectivity index (χ2v) is 4.59. The van der Waals surface area contributed by atoms with Crippen molar-refractivity contribution in [3.05, 3.63) is 71.7 Å². The molecule has 0 spiro atoms. The Balaban J connectivity index is 2.07. The third kappa shape index (κ3) is 2.19. The van der Waals surface area contributed by atoms with Gasteiger partial charge in [-0.1, -0.05) is 31.2 Å². The average molecular weight is 252 g/mol. The summed E-state index contributed by atoms with van der Waals surface area (Å²) < 4.78 is 13.8. The molecule has 2 aromatic carbocycles. The van der Waals surface area contributed by atoms with E-state index in [-0.39, 0.29) is 11.7 Å². The van der Waals surface area contributed by atoms with E-state index in [1.165, 1.54) is 6.07 Å². The molecule has 3 heteroatoms. The Kier molecular flexibility index (Phi) is 2.95. The summed E-state index contributed by atoms with van der Waals surface area (Å²) in [5.41, 5.74) is 2.64. The van der Waals surface area contributed by atoms with E-state index in [0.717, 1.165) is 16.5 Å². The Labute approximate surface area is 110 Å². The minimum Gasteiger partial charge on any atom is -0.207 e. The average Bonchev–Trinajstić information content (AvgIpc) is 2.46. The van der Waals surface area contributed by atoms with Crippen LogP contribution in [0.4, 0.5) is 4.39 Å². The SMILES string of the molecule is CC(c1ccc2nnccc2c1)c1ccccc1F. The first-order chi connectivity index (χ1) is 9.25. The molecule has 1 atom stereocenters. The van der Waals surface area contributed by atoms with Crippen molar-refractivity contribution in [2.75, 3.05) is 0 Å². The predicted octanol–water partition coefficient (Wildman–Crippen LogP) is 3.92. The van der Waals surface area contributed by atoms with E-state index in [4.69, 9.17) is 0 Å². The van der Waals surface area contributed by atoms with Crippen LogP contribution in [0.15, 0.2) is 54.7 Å². The summed E-state index contributed by atoms with van der Waals surface area (Å²) in [5.74, 6) is -0.151. The summed E-state index contributed by atoms with van der Waals surface area (Å²) in [7, 11) is 0. The van der Waals surface area contributed by atoms with Gasteiger partial charge in [-0.2, -0.15) is 10.2 Å². The molecular formula is C16H13FN2. The summed E-state index contributed by atoms with van der Waals surface area (Å²) >= 11 is 0. The van der Waals surface area contributed by atoms with Gasteiger partial charge in [0.2, 0.25) is 0 Å². The van der Waals surface area contributed by atoms with E-state index in [0.29, 0.717) is 5.56 Å². The number of benzene rings is 2. The second-order valence-electron chi connectivity index (χ2n) is 4.59. The van der Waals surface area contributed by atoms with Gasteiger partial charge in [0, 0.05) is 11.3 Å². The van der Waals surface area contributed by atoms with Crippen molar-refractivity contribution < 1.29 is 4.39 Å². The summed E-state index contributed by atoms with van der Waals surface area (Å²) in [6.45, 7) is 2.01. The quantitative estimate of drug-likeness (QED) is 0.690. The van der Waals surface area contributed by atoms with Crippen molar-refractivity contribution in [3.8, 4) is 0 Å². The first-order valence-electron chi connectivity index (χ1n) is 6.21. The second kappa shape index (κ2) is 4.76. The third-order valence-electron chi connectivity index (χ3n) is 3.41. The van der Waals surface area contributed by atoms with Gasteiger partial charge in [0.15, 0.2) is 0 Å². The highest BCUT2D eigenvalue weighted by Crippen LogP contribution is 2.27. The lowest BCUT2D eigenvalue weighted by atomic mass is 9.92. The molecule has 0 fully saturated rings. The lowest BCUT2D eigenvalue weighted by Gasteiger charge is -2.13. The van der Waals surface area contributed by atoms with Gasteiger partial charge in [-0.15, -0.1) is 0 Å². The van der Waals surface area contributed by atoms with Crippen LogP contribution in [0.1, 0.15) is 24.0 Å². The summed E-state index contributed by atoms with van der Waals surface area (Å²) in [6.07, 6.45) is 1.67. The standard InChI is InChI=1S/C16H13FN2/c1-11(14-4-2-3-5-15(14)17)12-6-7-16-13(10-12)8-9-18-19-16/h2-11H,1H3. The van der Waals surface area contributed by atoms with Crippen molar-refractivity contribution in [2.45, 2.75) is 12.8 Å². The van der Waals surface area contributed by atoms with Crippen LogP contribution in [0.2, 0.25) is 0 Å². The van der Waals surface area contributed by atoms with Crippen LogP contribution in [0.5, 0.6) is 0 Å². The first kappa shape index (κ1) is 11.8. The molecule has 3 aromatic rings. The molecule has 0 aliphatic rings. The van der Waals surface area contributed by atoms with Crippen molar-refractivity contribution in [3.63, 3.8) is 0 Å². The molecule has 0 amide bonds. The number of halogens is 1. The van der Waals surface area contributed by atoms with Crippen molar-refractivity contribution in [1.29, 1.82) is 0 Å². The molecule has 94 valence electrons. The molecule has 1 aromatic heterocycles. The predicted molar refractivity (Wildman–Crippen MR) is 73.5 cm³/mol. The van der Waals surface area contributed by atoms with E-state index < -0.39 is 0 Å². The summed E-state index contributed by atoms with van der Waals surface area (Å²) in [5, 5.41) is 8.92. The maximum Gasteiger partial charge on any atom is 0.127 e. The van der Waals surface area contributed by atoms with Crippen LogP contribution < -0.4 is 0 Å². The number of hydrogen-bond acceptors (Lipinski definition) is 2. The lowest BCUT2D eigenvalue weighted by Crippen LogP contribution is -1.99. The molecule has 0 aliphatic carbocycles. The molecule has 0 N–H and O–H groups in total. The Morgan fingerprint density at radius 3 is 2.74 bits per heavy atom. The Morgan fingerprint density at radius 2 is 1.89 bits per heavy atom. The maximum atomic E-state index is 13.8. The van der Waals surface area contributed by atoms with Gasteiger partial charge in [-0.3, -0.25) is 0 Å². The summed E-state index contributed by atoms with van der Waals surface area (Å²) in [6, 6.07) is 14.8. The fourth-order valence-corrected chi connectivity index (χ4v) is 2.28. The van der Waals surface area contributed by atoms with Gasteiger partial charge >= 0.3 is 0 Å². The summed E-state index contributed by atoms with van der Waals surface area (Å²) in [4.78, 5) is 0. The van der Waals surface area contributed by atoms with Crippen LogP contribution >= 0.6 is 0 Å². The van der Waals surface area contributed by atoms with Crippen LogP contribution in [-0.2, 0) is 0 Å². The number of aromatic nitrogens is 2. The third-order valence-corrected chi connectivity index (χ3v) is 3.41. The smallest absolute Gasteiger partial charge is 0.127 e. The molecule has 0 saturated heterocycles. The maximum absolute atomic E-state index is 13.8. The van der Waals surface area contributed by atoms with Gasteiger partial charge in [-0.25, -0.2) is 4.39 Å². The normalized spacial score (nSPS) is 12.5. The monoisotopic (exact) mass is 252 g/mol. The molecule has 2 nitrogen and oxygen atoms in total. The molecule has 3 rings (SSSR count). The van der Waals surface area contributed by atoms with Gasteiger partial charge in [-0.05, 0) is 35.4 Å². The van der Waals surface area contributed by atoms with Crippen LogP contribution in [0.25, 0.3) is 10.9 Å². The van der Waals surface area contributed by atoms with Crippen LogP contribution in [-0.4, -0.2) is 10.2 Å². The Hall–Kier alpha value is -2.29. The topological polar surface area (TPSA) is 25.8 Å². The number of nitrogens with zero attached hydrogens (tertiary/aromatic N) is 2. The van der Waals surface area contributed by atoms with Crippen molar-refractivity contribution >= 4 is 10.9 Å². The van der Waals surface area contributed by atoms with Crippen molar-refractivity contribution in [2.24, 2.45) is 0 Å².